The van der Waals surface area contributed by atoms with Crippen LogP contribution in [0.15, 0.2) is 54.9 Å². The molecule has 0 unspecified atom stereocenters. The first-order valence-corrected chi connectivity index (χ1v) is 12.2. The Kier molecular flexibility index (Phi) is 6.59. The summed E-state index contributed by atoms with van der Waals surface area (Å²) in [5.41, 5.74) is 5.06. The smallest absolute Gasteiger partial charge is 0.318 e. The number of fused-ring (bicyclic) bond motifs is 1. The molecule has 2 amide bonds. The zero-order valence-electron chi connectivity index (χ0n) is 20.7. The molecule has 1 aliphatic heterocycles. The molecule has 0 bridgehead atoms. The first kappa shape index (κ1) is 23.8. The molecule has 1 aromatic heterocycles. The summed E-state index contributed by atoms with van der Waals surface area (Å²) in [5, 5.41) is 3.12. The summed E-state index contributed by atoms with van der Waals surface area (Å²) in [7, 11) is 1.63. The van der Waals surface area contributed by atoms with Crippen LogP contribution in [0.5, 0.6) is 5.75 Å². The van der Waals surface area contributed by atoms with Crippen molar-refractivity contribution in [2.45, 2.75) is 32.4 Å². The van der Waals surface area contributed by atoms with Crippen molar-refractivity contribution in [1.82, 2.24) is 20.2 Å². The highest BCUT2D eigenvalue weighted by molar-refractivity contribution is 5.91. The Morgan fingerprint density at radius 1 is 1.17 bits per heavy atom. The van der Waals surface area contributed by atoms with Gasteiger partial charge in [-0.05, 0) is 60.9 Å². The molecule has 36 heavy (non-hydrogen) atoms. The number of anilines is 1. The number of methoxy groups -OCH3 is 1. The number of nitrogens with zero attached hydrogens (tertiary/aromatic N) is 4. The summed E-state index contributed by atoms with van der Waals surface area (Å²) in [6.07, 6.45) is 4.41. The van der Waals surface area contributed by atoms with Gasteiger partial charge >= 0.3 is 6.03 Å². The molecular weight excluding hydrogens is 457 g/mol. The first-order chi connectivity index (χ1) is 17.4. The number of halogens is 1. The van der Waals surface area contributed by atoms with E-state index in [0.29, 0.717) is 26.1 Å². The summed E-state index contributed by atoms with van der Waals surface area (Å²) >= 11 is 0. The largest absolute Gasteiger partial charge is 0.497 e. The van der Waals surface area contributed by atoms with Crippen molar-refractivity contribution in [3.8, 4) is 5.75 Å². The number of amides is 2. The van der Waals surface area contributed by atoms with E-state index in [4.69, 9.17) is 4.74 Å². The number of urea groups is 1. The highest BCUT2D eigenvalue weighted by Crippen LogP contribution is 2.35. The molecular formula is C28H30FN5O2. The maximum absolute atomic E-state index is 13.4. The van der Waals surface area contributed by atoms with E-state index in [0.717, 1.165) is 39.5 Å². The van der Waals surface area contributed by atoms with Crippen molar-refractivity contribution in [2.24, 2.45) is 0 Å². The van der Waals surface area contributed by atoms with Crippen LogP contribution in [0.1, 0.15) is 42.3 Å². The molecule has 7 nitrogen and oxygen atoms in total. The van der Waals surface area contributed by atoms with Crippen LogP contribution in [0.3, 0.4) is 0 Å². The van der Waals surface area contributed by atoms with Gasteiger partial charge in [-0.25, -0.2) is 19.2 Å². The van der Waals surface area contributed by atoms with E-state index < -0.39 is 0 Å². The molecule has 186 valence electrons. The van der Waals surface area contributed by atoms with Gasteiger partial charge in [0.1, 0.15) is 23.7 Å². The molecule has 1 fully saturated rings. The lowest BCUT2D eigenvalue weighted by molar-refractivity contribution is 0.168. The van der Waals surface area contributed by atoms with Gasteiger partial charge < -0.3 is 19.9 Å². The van der Waals surface area contributed by atoms with Crippen LogP contribution in [0.2, 0.25) is 0 Å². The number of benzene rings is 2. The molecule has 8 heteroatoms. The van der Waals surface area contributed by atoms with Gasteiger partial charge in [-0.3, -0.25) is 0 Å². The van der Waals surface area contributed by atoms with E-state index in [1.54, 1.807) is 25.6 Å². The van der Waals surface area contributed by atoms with E-state index in [-0.39, 0.29) is 23.9 Å². The van der Waals surface area contributed by atoms with Crippen LogP contribution in [-0.2, 0) is 6.42 Å². The van der Waals surface area contributed by atoms with E-state index in [1.807, 2.05) is 36.1 Å². The van der Waals surface area contributed by atoms with Crippen LogP contribution in [0.25, 0.3) is 11.6 Å². The maximum atomic E-state index is 13.4. The molecule has 1 aliphatic carbocycles. The van der Waals surface area contributed by atoms with Gasteiger partial charge in [0.05, 0.1) is 18.8 Å². The molecule has 0 radical (unpaired) electrons. The van der Waals surface area contributed by atoms with E-state index in [9.17, 15) is 9.18 Å². The fourth-order valence-electron chi connectivity index (χ4n) is 4.93. The number of rotatable bonds is 5. The number of aromatic nitrogens is 2. The van der Waals surface area contributed by atoms with Crippen molar-refractivity contribution < 1.29 is 13.9 Å². The molecule has 1 saturated heterocycles. The normalized spacial score (nSPS) is 17.9. The van der Waals surface area contributed by atoms with Crippen LogP contribution in [-0.4, -0.2) is 53.7 Å². The minimum Gasteiger partial charge on any atom is -0.497 e. The third-order valence-corrected chi connectivity index (χ3v) is 6.96. The number of allylic oxidation sites excluding steroid dienone is 1. The van der Waals surface area contributed by atoms with Crippen LogP contribution in [0, 0.1) is 5.82 Å². The fraction of sp³-hybridized carbons (Fsp3) is 0.321. The summed E-state index contributed by atoms with van der Waals surface area (Å²) < 4.78 is 18.7. The van der Waals surface area contributed by atoms with Crippen molar-refractivity contribution >= 4 is 23.5 Å². The lowest BCUT2D eigenvalue weighted by Crippen LogP contribution is -2.57. The molecule has 2 aromatic carbocycles. The van der Waals surface area contributed by atoms with E-state index in [2.05, 4.69) is 33.2 Å². The van der Waals surface area contributed by atoms with Crippen molar-refractivity contribution in [3.63, 3.8) is 0 Å². The monoisotopic (exact) mass is 487 g/mol. The molecule has 2 atom stereocenters. The van der Waals surface area contributed by atoms with Crippen LogP contribution >= 0.6 is 0 Å². The second-order valence-corrected chi connectivity index (χ2v) is 9.35. The average molecular weight is 488 g/mol. The van der Waals surface area contributed by atoms with Crippen molar-refractivity contribution in [2.75, 3.05) is 31.6 Å². The number of carbonyl (C=O) groups excluding carboxylic acids is 1. The minimum absolute atomic E-state index is 0.00354. The zero-order valence-corrected chi connectivity index (χ0v) is 20.7. The average Bonchev–Trinajstić information content (AvgIpc) is 3.33. The summed E-state index contributed by atoms with van der Waals surface area (Å²) in [6.45, 7) is 5.97. The first-order valence-electron chi connectivity index (χ1n) is 12.2. The van der Waals surface area contributed by atoms with E-state index in [1.165, 1.54) is 12.1 Å². The third-order valence-electron chi connectivity index (χ3n) is 6.96. The number of nitrogens with one attached hydrogen (secondary N) is 1. The van der Waals surface area contributed by atoms with Crippen molar-refractivity contribution in [3.05, 3.63) is 83.1 Å². The Balaban J connectivity index is 1.27. The van der Waals surface area contributed by atoms with Gasteiger partial charge in [0, 0.05) is 37.7 Å². The highest BCUT2D eigenvalue weighted by atomic mass is 19.1. The van der Waals surface area contributed by atoms with Crippen LogP contribution < -0.4 is 15.0 Å². The SMILES string of the molecule is COc1cccc([C@@H](C)NC(=O)N2CCN(c3ncnc4c3C=C(c3ccc(F)cc3)C4)C[C@H]2C)c1. The molecule has 0 saturated carbocycles. The molecule has 3 aromatic rings. The Bertz CT molecular complexity index is 1290. The standard InChI is InChI=1S/C28H30FN5O2/c1-18-16-33(11-12-34(18)28(35)32-19(2)21-5-4-6-24(13-21)36-3)27-25-14-22(15-26(25)30-17-31-27)20-7-9-23(29)10-8-20/h4-10,13-14,17-19H,11-12,15-16H2,1-3H3,(H,32,35)/t18-,19-/m1/s1. The number of hydrogen-bond donors (Lipinski definition) is 1. The lowest BCUT2D eigenvalue weighted by atomic mass is 10.1. The van der Waals surface area contributed by atoms with Gasteiger partial charge in [-0.2, -0.15) is 0 Å². The van der Waals surface area contributed by atoms with Gasteiger partial charge in [0.15, 0.2) is 0 Å². The predicted octanol–water partition coefficient (Wildman–Crippen LogP) is 4.70. The second-order valence-electron chi connectivity index (χ2n) is 9.35. The second kappa shape index (κ2) is 9.97. The van der Waals surface area contributed by atoms with Gasteiger partial charge in [0.2, 0.25) is 0 Å². The quantitative estimate of drug-likeness (QED) is 0.565. The maximum Gasteiger partial charge on any atom is 0.318 e. The zero-order chi connectivity index (χ0) is 25.2. The topological polar surface area (TPSA) is 70.6 Å². The van der Waals surface area contributed by atoms with Crippen LogP contribution in [0.4, 0.5) is 15.0 Å². The number of carbonyl (C=O) groups is 1. The number of piperazine rings is 1. The highest BCUT2D eigenvalue weighted by Gasteiger charge is 2.31. The van der Waals surface area contributed by atoms with Gasteiger partial charge in [-0.15, -0.1) is 0 Å². The van der Waals surface area contributed by atoms with Gasteiger partial charge in [0.25, 0.3) is 0 Å². The Morgan fingerprint density at radius 3 is 2.72 bits per heavy atom. The number of ether oxygens (including phenoxy) is 1. The summed E-state index contributed by atoms with van der Waals surface area (Å²) in [6, 6.07) is 14.1. The lowest BCUT2D eigenvalue weighted by Gasteiger charge is -2.41. The summed E-state index contributed by atoms with van der Waals surface area (Å²) in [5.74, 6) is 1.41. The minimum atomic E-state index is -0.246. The molecule has 2 aliphatic rings. The molecule has 2 heterocycles. The third kappa shape index (κ3) is 4.76. The fourth-order valence-corrected chi connectivity index (χ4v) is 4.93. The summed E-state index contributed by atoms with van der Waals surface area (Å²) in [4.78, 5) is 26.3. The Morgan fingerprint density at radius 2 is 1.97 bits per heavy atom. The van der Waals surface area contributed by atoms with Crippen molar-refractivity contribution in [1.29, 1.82) is 0 Å². The van der Waals surface area contributed by atoms with E-state index >= 15 is 0 Å². The Hall–Kier alpha value is -3.94. The molecule has 0 spiro atoms. The number of hydrogen-bond acceptors (Lipinski definition) is 5. The predicted molar refractivity (Wildman–Crippen MR) is 138 cm³/mol. The Labute approximate surface area is 210 Å². The van der Waals surface area contributed by atoms with Gasteiger partial charge in [-0.1, -0.05) is 24.3 Å². The molecule has 1 N–H and O–H groups in total. The molecule has 5 rings (SSSR count).